The Bertz CT molecular complexity index is 274. The number of thiocarbonyl (C=S) groups is 1. The van der Waals surface area contributed by atoms with Crippen LogP contribution < -0.4 is 10.7 Å². The zero-order chi connectivity index (χ0) is 11.7. The molecule has 0 atom stereocenters. The quantitative estimate of drug-likeness (QED) is 0.533. The van der Waals surface area contributed by atoms with Gasteiger partial charge in [-0.15, -0.1) is 0 Å². The molecule has 1 fully saturated rings. The molecule has 1 heterocycles. The summed E-state index contributed by atoms with van der Waals surface area (Å²) < 4.78 is 0. The van der Waals surface area contributed by atoms with Gasteiger partial charge in [0.2, 0.25) is 0 Å². The third kappa shape index (κ3) is 4.26. The van der Waals surface area contributed by atoms with Gasteiger partial charge in [0.05, 0.1) is 4.99 Å². The first-order valence-electron chi connectivity index (χ1n) is 5.32. The monoisotopic (exact) mass is 227 g/mol. The van der Waals surface area contributed by atoms with Crippen LogP contribution in [0.4, 0.5) is 0 Å². The van der Waals surface area contributed by atoms with Gasteiger partial charge in [0, 0.05) is 29.6 Å². The summed E-state index contributed by atoms with van der Waals surface area (Å²) in [4.78, 5) is 0.719. The van der Waals surface area contributed by atoms with Crippen LogP contribution in [0.1, 0.15) is 47.5 Å². The highest BCUT2D eigenvalue weighted by atomic mass is 32.1. The molecule has 4 heteroatoms. The number of hydrogen-bond acceptors (Lipinski definition) is 3. The minimum Gasteiger partial charge on any atom is -0.306 e. The molecular weight excluding hydrogens is 206 g/mol. The summed E-state index contributed by atoms with van der Waals surface area (Å²) in [5, 5.41) is 7.97. The molecule has 1 rings (SSSR count). The van der Waals surface area contributed by atoms with Crippen molar-refractivity contribution in [3.8, 4) is 0 Å². The Balaban J connectivity index is 2.75. The van der Waals surface area contributed by atoms with Crippen molar-refractivity contribution in [3.05, 3.63) is 0 Å². The molecule has 1 aliphatic heterocycles. The van der Waals surface area contributed by atoms with E-state index in [0.717, 1.165) is 17.8 Å². The largest absolute Gasteiger partial charge is 0.306 e. The Hall–Kier alpha value is -0.480. The lowest BCUT2D eigenvalue weighted by Gasteiger charge is -2.43. The summed E-state index contributed by atoms with van der Waals surface area (Å²) in [6.07, 6.45) is 1.93. The second kappa shape index (κ2) is 4.18. The highest BCUT2D eigenvalue weighted by molar-refractivity contribution is 7.80. The van der Waals surface area contributed by atoms with E-state index in [0.29, 0.717) is 0 Å². The van der Waals surface area contributed by atoms with E-state index in [-0.39, 0.29) is 11.1 Å². The minimum atomic E-state index is 0.109. The van der Waals surface area contributed by atoms with Crippen molar-refractivity contribution in [1.29, 1.82) is 0 Å². The summed E-state index contributed by atoms with van der Waals surface area (Å²) >= 11 is 4.94. The average molecular weight is 227 g/mol. The Morgan fingerprint density at radius 1 is 1.27 bits per heavy atom. The fourth-order valence-corrected chi connectivity index (χ4v) is 2.37. The van der Waals surface area contributed by atoms with Crippen LogP contribution >= 0.6 is 12.2 Å². The van der Waals surface area contributed by atoms with E-state index in [2.05, 4.69) is 43.5 Å². The number of nitrogens with one attached hydrogen (secondary N) is 2. The molecule has 0 spiro atoms. The summed E-state index contributed by atoms with van der Waals surface area (Å²) in [5.41, 5.74) is 4.29. The lowest BCUT2D eigenvalue weighted by atomic mass is 9.81. The predicted molar refractivity (Wildman–Crippen MR) is 69.4 cm³/mol. The van der Waals surface area contributed by atoms with Crippen LogP contribution in [-0.4, -0.2) is 21.8 Å². The summed E-state index contributed by atoms with van der Waals surface area (Å²) in [7, 11) is 0. The molecule has 0 amide bonds. The summed E-state index contributed by atoms with van der Waals surface area (Å²) in [6, 6.07) is 0. The number of nitrogens with zero attached hydrogens (tertiary/aromatic N) is 1. The molecule has 1 aliphatic rings. The molecule has 0 aromatic rings. The zero-order valence-corrected chi connectivity index (χ0v) is 11.1. The first kappa shape index (κ1) is 12.6. The van der Waals surface area contributed by atoms with E-state index in [1.807, 2.05) is 6.92 Å². The van der Waals surface area contributed by atoms with Crippen molar-refractivity contribution in [2.45, 2.75) is 58.5 Å². The number of hydrazone groups is 1. The number of piperidine rings is 1. The predicted octanol–water partition coefficient (Wildman–Crippen LogP) is 2.22. The first-order valence-corrected chi connectivity index (χ1v) is 5.72. The van der Waals surface area contributed by atoms with Crippen LogP contribution in [0.3, 0.4) is 0 Å². The maximum atomic E-state index is 4.94. The molecule has 3 nitrogen and oxygen atoms in total. The van der Waals surface area contributed by atoms with E-state index in [4.69, 9.17) is 12.2 Å². The molecule has 0 saturated carbocycles. The third-order valence-corrected chi connectivity index (χ3v) is 2.43. The van der Waals surface area contributed by atoms with Crippen LogP contribution in [0.5, 0.6) is 0 Å². The Labute approximate surface area is 97.7 Å². The summed E-state index contributed by atoms with van der Waals surface area (Å²) in [5.74, 6) is 0. The molecule has 0 bridgehead atoms. The zero-order valence-electron chi connectivity index (χ0n) is 10.3. The van der Waals surface area contributed by atoms with E-state index in [1.165, 1.54) is 5.71 Å². The van der Waals surface area contributed by atoms with Gasteiger partial charge >= 0.3 is 0 Å². The smallest absolute Gasteiger partial charge is 0.0930 e. The first-order chi connectivity index (χ1) is 6.70. The standard InChI is InChI=1S/C11H21N3S/c1-8(15)12-13-9-6-10(2,3)14-11(4,5)7-9/h14H,6-7H2,1-5H3,(H,12,15). The van der Waals surface area contributed by atoms with Crippen LogP contribution in [0.2, 0.25) is 0 Å². The highest BCUT2D eigenvalue weighted by Crippen LogP contribution is 2.26. The third-order valence-electron chi connectivity index (χ3n) is 2.34. The molecule has 86 valence electrons. The fourth-order valence-electron chi connectivity index (χ4n) is 2.32. The fraction of sp³-hybridized carbons (Fsp3) is 0.818. The van der Waals surface area contributed by atoms with Crippen LogP contribution in [0.25, 0.3) is 0 Å². The van der Waals surface area contributed by atoms with Gasteiger partial charge in [0.25, 0.3) is 0 Å². The summed E-state index contributed by atoms with van der Waals surface area (Å²) in [6.45, 7) is 10.7. The van der Waals surface area contributed by atoms with Crippen molar-refractivity contribution in [2.75, 3.05) is 0 Å². The maximum Gasteiger partial charge on any atom is 0.0930 e. The molecule has 15 heavy (non-hydrogen) atoms. The molecule has 2 N–H and O–H groups in total. The van der Waals surface area contributed by atoms with Crippen molar-refractivity contribution in [2.24, 2.45) is 5.10 Å². The molecule has 0 aromatic carbocycles. The Morgan fingerprint density at radius 3 is 2.13 bits per heavy atom. The van der Waals surface area contributed by atoms with Gasteiger partial charge < -0.3 is 5.32 Å². The van der Waals surface area contributed by atoms with Crippen LogP contribution in [0, 0.1) is 0 Å². The highest BCUT2D eigenvalue weighted by Gasteiger charge is 2.35. The Morgan fingerprint density at radius 2 is 1.73 bits per heavy atom. The van der Waals surface area contributed by atoms with Crippen molar-refractivity contribution in [3.63, 3.8) is 0 Å². The van der Waals surface area contributed by atoms with Crippen molar-refractivity contribution < 1.29 is 0 Å². The molecular formula is C11H21N3S. The van der Waals surface area contributed by atoms with Crippen molar-refractivity contribution >= 4 is 22.9 Å². The average Bonchev–Trinajstić information content (AvgIpc) is 1.94. The lowest BCUT2D eigenvalue weighted by Crippen LogP contribution is -2.58. The van der Waals surface area contributed by atoms with Gasteiger partial charge in [-0.2, -0.15) is 5.10 Å². The molecule has 0 radical (unpaired) electrons. The van der Waals surface area contributed by atoms with E-state index in [1.54, 1.807) is 0 Å². The van der Waals surface area contributed by atoms with Gasteiger partial charge in [0.15, 0.2) is 0 Å². The van der Waals surface area contributed by atoms with Gasteiger partial charge in [-0.1, -0.05) is 12.2 Å². The van der Waals surface area contributed by atoms with Gasteiger partial charge in [-0.05, 0) is 34.6 Å². The van der Waals surface area contributed by atoms with Gasteiger partial charge in [-0.3, -0.25) is 5.43 Å². The van der Waals surface area contributed by atoms with Gasteiger partial charge in [-0.25, -0.2) is 0 Å². The Kier molecular flexibility index (Phi) is 3.51. The van der Waals surface area contributed by atoms with Crippen molar-refractivity contribution in [1.82, 2.24) is 10.7 Å². The second-order valence-corrected chi connectivity index (χ2v) is 6.20. The number of hydrogen-bond donors (Lipinski definition) is 2. The van der Waals surface area contributed by atoms with Gasteiger partial charge in [0.1, 0.15) is 0 Å². The van der Waals surface area contributed by atoms with E-state index >= 15 is 0 Å². The van der Waals surface area contributed by atoms with Crippen LogP contribution in [-0.2, 0) is 0 Å². The van der Waals surface area contributed by atoms with E-state index < -0.39 is 0 Å². The maximum absolute atomic E-state index is 4.94. The number of rotatable bonds is 1. The molecule has 0 aromatic heterocycles. The lowest BCUT2D eigenvalue weighted by molar-refractivity contribution is 0.251. The van der Waals surface area contributed by atoms with E-state index in [9.17, 15) is 0 Å². The minimum absolute atomic E-state index is 0.109. The molecule has 0 unspecified atom stereocenters. The topological polar surface area (TPSA) is 36.4 Å². The molecule has 1 saturated heterocycles. The normalized spacial score (nSPS) is 23.4. The molecule has 0 aliphatic carbocycles. The second-order valence-electron chi connectivity index (χ2n) is 5.59. The SMILES string of the molecule is CC(=S)NN=C1CC(C)(C)NC(C)(C)C1. The van der Waals surface area contributed by atoms with Crippen LogP contribution in [0.15, 0.2) is 5.10 Å².